The number of carbonyl (C=O) groups is 1. The first-order valence-electron chi connectivity index (χ1n) is 6.45. The van der Waals surface area contributed by atoms with Gasteiger partial charge in [-0.25, -0.2) is 0 Å². The van der Waals surface area contributed by atoms with Gasteiger partial charge in [0.05, 0.1) is 5.56 Å². The zero-order valence-electron chi connectivity index (χ0n) is 11.0. The number of benzene rings is 1. The summed E-state index contributed by atoms with van der Waals surface area (Å²) in [7, 11) is 0. The highest BCUT2D eigenvalue weighted by molar-refractivity contribution is 7.10. The Kier molecular flexibility index (Phi) is 3.49. The van der Waals surface area contributed by atoms with Crippen LogP contribution in [0.25, 0.3) is 0 Å². The van der Waals surface area contributed by atoms with Crippen LogP contribution in [0.1, 0.15) is 26.4 Å². The van der Waals surface area contributed by atoms with Crippen molar-refractivity contribution in [3.8, 4) is 0 Å². The molecule has 1 aliphatic heterocycles. The summed E-state index contributed by atoms with van der Waals surface area (Å²) in [6.07, 6.45) is -3.43. The molecule has 1 aromatic carbocycles. The number of hydrogen-bond acceptors (Lipinski definition) is 3. The molecule has 21 heavy (non-hydrogen) atoms. The number of alkyl halides is 3. The van der Waals surface area contributed by atoms with E-state index >= 15 is 0 Å². The SMILES string of the molecule is O=Cc1ccc(N2CCc3sccc3C2)cc1C(F)(F)F. The molecule has 0 N–H and O–H groups in total. The zero-order chi connectivity index (χ0) is 15.0. The van der Waals surface area contributed by atoms with Crippen molar-refractivity contribution in [2.45, 2.75) is 19.1 Å². The van der Waals surface area contributed by atoms with Crippen molar-refractivity contribution in [3.05, 3.63) is 51.2 Å². The summed E-state index contributed by atoms with van der Waals surface area (Å²) in [5.41, 5.74) is 0.481. The van der Waals surface area contributed by atoms with Gasteiger partial charge in [0, 0.05) is 29.2 Å². The van der Waals surface area contributed by atoms with Gasteiger partial charge in [0.2, 0.25) is 0 Å². The van der Waals surface area contributed by atoms with E-state index in [1.54, 1.807) is 17.4 Å². The Balaban J connectivity index is 1.95. The molecule has 0 bridgehead atoms. The molecule has 1 aromatic heterocycles. The third kappa shape index (κ3) is 2.68. The van der Waals surface area contributed by atoms with E-state index in [1.807, 2.05) is 16.3 Å². The second-order valence-corrected chi connectivity index (χ2v) is 5.93. The average molecular weight is 311 g/mol. The molecule has 110 valence electrons. The first-order valence-corrected chi connectivity index (χ1v) is 7.33. The summed E-state index contributed by atoms with van der Waals surface area (Å²) in [6.45, 7) is 1.29. The van der Waals surface area contributed by atoms with Gasteiger partial charge in [-0.1, -0.05) is 0 Å². The summed E-state index contributed by atoms with van der Waals surface area (Å²) in [5, 5.41) is 2.00. The minimum absolute atomic E-state index is 0.250. The summed E-state index contributed by atoms with van der Waals surface area (Å²) < 4.78 is 39.0. The molecule has 0 fully saturated rings. The Morgan fingerprint density at radius 3 is 2.76 bits per heavy atom. The highest BCUT2D eigenvalue weighted by Gasteiger charge is 2.34. The lowest BCUT2D eigenvalue weighted by Gasteiger charge is -2.29. The standard InChI is InChI=1S/C15H12F3NOS/c16-15(17,18)13-7-12(2-1-11(13)9-20)19-5-3-14-10(8-19)4-6-21-14/h1-2,4,6-7,9H,3,5,8H2. The van der Waals surface area contributed by atoms with Gasteiger partial charge in [-0.2, -0.15) is 13.2 Å². The molecular weight excluding hydrogens is 299 g/mol. The van der Waals surface area contributed by atoms with E-state index < -0.39 is 11.7 Å². The lowest BCUT2D eigenvalue weighted by atomic mass is 10.0. The molecule has 0 atom stereocenters. The third-order valence-corrected chi connectivity index (χ3v) is 4.67. The van der Waals surface area contributed by atoms with Gasteiger partial charge in [-0.05, 0) is 41.6 Å². The fraction of sp³-hybridized carbons (Fsp3) is 0.267. The average Bonchev–Trinajstić information content (AvgIpc) is 2.93. The van der Waals surface area contributed by atoms with E-state index in [4.69, 9.17) is 0 Å². The van der Waals surface area contributed by atoms with Gasteiger partial charge in [0.15, 0.2) is 6.29 Å². The number of fused-ring (bicyclic) bond motifs is 1. The van der Waals surface area contributed by atoms with Gasteiger partial charge in [-0.15, -0.1) is 11.3 Å². The van der Waals surface area contributed by atoms with Crippen LogP contribution in [-0.2, 0) is 19.1 Å². The molecule has 0 aliphatic carbocycles. The van der Waals surface area contributed by atoms with Crippen molar-refractivity contribution in [1.29, 1.82) is 0 Å². The van der Waals surface area contributed by atoms with E-state index in [9.17, 15) is 18.0 Å². The Morgan fingerprint density at radius 1 is 1.24 bits per heavy atom. The van der Waals surface area contributed by atoms with Crippen molar-refractivity contribution < 1.29 is 18.0 Å². The highest BCUT2D eigenvalue weighted by Crippen LogP contribution is 2.35. The Morgan fingerprint density at radius 2 is 2.05 bits per heavy atom. The zero-order valence-corrected chi connectivity index (χ0v) is 11.8. The van der Waals surface area contributed by atoms with Gasteiger partial charge in [-0.3, -0.25) is 4.79 Å². The molecule has 2 nitrogen and oxygen atoms in total. The normalized spacial score (nSPS) is 14.9. The van der Waals surface area contributed by atoms with Gasteiger partial charge in [0.1, 0.15) is 0 Å². The quantitative estimate of drug-likeness (QED) is 0.777. The van der Waals surface area contributed by atoms with Crippen LogP contribution in [0.2, 0.25) is 0 Å². The fourth-order valence-electron chi connectivity index (χ4n) is 2.56. The maximum Gasteiger partial charge on any atom is 0.417 e. The van der Waals surface area contributed by atoms with E-state index in [-0.39, 0.29) is 11.8 Å². The first-order chi connectivity index (χ1) is 9.99. The molecule has 0 amide bonds. The predicted octanol–water partition coefficient (Wildman–Crippen LogP) is 4.14. The van der Waals surface area contributed by atoms with Crippen LogP contribution in [0.3, 0.4) is 0 Å². The Hall–Kier alpha value is -1.82. The molecule has 6 heteroatoms. The monoisotopic (exact) mass is 311 g/mol. The van der Waals surface area contributed by atoms with Crippen LogP contribution in [0.4, 0.5) is 18.9 Å². The minimum atomic E-state index is -4.52. The van der Waals surface area contributed by atoms with Crippen LogP contribution in [0, 0.1) is 0 Å². The smallest absolute Gasteiger partial charge is 0.367 e. The number of thiophene rings is 1. The van der Waals surface area contributed by atoms with Crippen molar-refractivity contribution in [2.24, 2.45) is 0 Å². The topological polar surface area (TPSA) is 20.3 Å². The molecule has 0 saturated heterocycles. The number of anilines is 1. The van der Waals surface area contributed by atoms with Crippen molar-refractivity contribution in [1.82, 2.24) is 0 Å². The molecule has 0 spiro atoms. The Bertz CT molecular complexity index is 678. The number of hydrogen-bond donors (Lipinski definition) is 0. The summed E-state index contributed by atoms with van der Waals surface area (Å²) in [6, 6.07) is 5.91. The van der Waals surface area contributed by atoms with Crippen LogP contribution in [-0.4, -0.2) is 12.8 Å². The maximum atomic E-state index is 13.0. The van der Waals surface area contributed by atoms with Gasteiger partial charge >= 0.3 is 6.18 Å². The van der Waals surface area contributed by atoms with Crippen LogP contribution >= 0.6 is 11.3 Å². The van der Waals surface area contributed by atoms with Crippen molar-refractivity contribution in [3.63, 3.8) is 0 Å². The summed E-state index contributed by atoms with van der Waals surface area (Å²) in [4.78, 5) is 14.0. The second-order valence-electron chi connectivity index (χ2n) is 4.93. The van der Waals surface area contributed by atoms with Crippen LogP contribution in [0.15, 0.2) is 29.6 Å². The first kappa shape index (κ1) is 14.1. The largest absolute Gasteiger partial charge is 0.417 e. The van der Waals surface area contributed by atoms with Crippen LogP contribution in [0.5, 0.6) is 0 Å². The number of carbonyl (C=O) groups excluding carboxylic acids is 1. The molecule has 2 heterocycles. The molecular formula is C15H12F3NOS. The molecule has 0 unspecified atom stereocenters. The second kappa shape index (κ2) is 5.18. The summed E-state index contributed by atoms with van der Waals surface area (Å²) in [5.74, 6) is 0. The van der Waals surface area contributed by atoms with Crippen molar-refractivity contribution in [2.75, 3.05) is 11.4 Å². The number of halogens is 3. The maximum absolute atomic E-state index is 13.0. The third-order valence-electron chi connectivity index (χ3n) is 3.64. The highest BCUT2D eigenvalue weighted by atomic mass is 32.1. The van der Waals surface area contributed by atoms with Gasteiger partial charge in [0.25, 0.3) is 0 Å². The van der Waals surface area contributed by atoms with E-state index in [1.165, 1.54) is 16.5 Å². The molecule has 0 radical (unpaired) electrons. The predicted molar refractivity (Wildman–Crippen MR) is 75.9 cm³/mol. The number of nitrogens with zero attached hydrogens (tertiary/aromatic N) is 1. The van der Waals surface area contributed by atoms with Crippen LogP contribution < -0.4 is 4.90 Å². The lowest BCUT2D eigenvalue weighted by molar-refractivity contribution is -0.137. The fourth-order valence-corrected chi connectivity index (χ4v) is 3.45. The van der Waals surface area contributed by atoms with Gasteiger partial charge < -0.3 is 4.90 Å². The molecule has 3 rings (SSSR count). The number of aldehydes is 1. The van der Waals surface area contributed by atoms with Crippen molar-refractivity contribution >= 4 is 23.3 Å². The van der Waals surface area contributed by atoms with E-state index in [2.05, 4.69) is 0 Å². The Labute approximate surface area is 123 Å². The molecule has 1 aliphatic rings. The lowest BCUT2D eigenvalue weighted by Crippen LogP contribution is -2.29. The van der Waals surface area contributed by atoms with E-state index in [0.717, 1.165) is 12.5 Å². The molecule has 0 saturated carbocycles. The van der Waals surface area contributed by atoms with E-state index in [0.29, 0.717) is 18.8 Å². The molecule has 2 aromatic rings. The number of rotatable bonds is 2. The minimum Gasteiger partial charge on any atom is -0.367 e. The summed E-state index contributed by atoms with van der Waals surface area (Å²) >= 11 is 1.68.